The molecule has 0 radical (unpaired) electrons. The zero-order valence-corrected chi connectivity index (χ0v) is 20.8. The van der Waals surface area contributed by atoms with Gasteiger partial charge in [0.15, 0.2) is 0 Å². The lowest BCUT2D eigenvalue weighted by Crippen LogP contribution is -2.56. The van der Waals surface area contributed by atoms with Gasteiger partial charge in [-0.05, 0) is 50.8 Å². The number of hydrogen-bond acceptors (Lipinski definition) is 6. The van der Waals surface area contributed by atoms with Crippen molar-refractivity contribution in [2.24, 2.45) is 5.92 Å². The van der Waals surface area contributed by atoms with Crippen LogP contribution in [0.5, 0.6) is 0 Å². The summed E-state index contributed by atoms with van der Waals surface area (Å²) in [6.45, 7) is 2.53. The minimum absolute atomic E-state index is 0.0164. The van der Waals surface area contributed by atoms with Gasteiger partial charge >= 0.3 is 5.69 Å². The number of rotatable bonds is 2. The van der Waals surface area contributed by atoms with E-state index in [1.807, 2.05) is 29.2 Å². The minimum Gasteiger partial charge on any atom is -0.356 e. The maximum atomic E-state index is 14.3. The normalized spacial score (nSPS) is 28.0. The van der Waals surface area contributed by atoms with E-state index in [4.69, 9.17) is 0 Å². The van der Waals surface area contributed by atoms with Gasteiger partial charge in [0.2, 0.25) is 11.8 Å². The van der Waals surface area contributed by atoms with E-state index < -0.39 is 17.1 Å². The molecule has 2 aromatic rings. The van der Waals surface area contributed by atoms with Crippen LogP contribution in [0.2, 0.25) is 0 Å². The molecule has 4 aliphatic rings. The van der Waals surface area contributed by atoms with Gasteiger partial charge in [0, 0.05) is 55.9 Å². The summed E-state index contributed by atoms with van der Waals surface area (Å²) in [4.78, 5) is 62.7. The second kappa shape index (κ2) is 9.41. The quantitative estimate of drug-likeness (QED) is 0.646. The van der Waals surface area contributed by atoms with E-state index in [1.54, 1.807) is 17.2 Å². The molecule has 3 amide bonds. The predicted molar refractivity (Wildman–Crippen MR) is 136 cm³/mol. The van der Waals surface area contributed by atoms with Gasteiger partial charge in [-0.2, -0.15) is 0 Å². The summed E-state index contributed by atoms with van der Waals surface area (Å²) < 4.78 is 1.29. The molecule has 37 heavy (non-hydrogen) atoms. The fourth-order valence-corrected chi connectivity index (χ4v) is 6.92. The third-order valence-electron chi connectivity index (χ3n) is 8.49. The zero-order valence-electron chi connectivity index (χ0n) is 20.8. The zero-order chi connectivity index (χ0) is 25.6. The second-order valence-electron chi connectivity index (χ2n) is 10.4. The number of carbonyl (C=O) groups is 3. The molecule has 1 aromatic carbocycles. The van der Waals surface area contributed by atoms with Crippen LogP contribution in [-0.4, -0.2) is 75.8 Å². The predicted octanol–water partition coefficient (Wildman–Crippen LogP) is 0.708. The fourth-order valence-electron chi connectivity index (χ4n) is 6.92. The van der Waals surface area contributed by atoms with E-state index in [-0.39, 0.29) is 30.3 Å². The van der Waals surface area contributed by atoms with E-state index in [1.165, 1.54) is 10.8 Å². The molecule has 3 saturated heterocycles. The van der Waals surface area contributed by atoms with E-state index >= 15 is 0 Å². The second-order valence-corrected chi connectivity index (χ2v) is 10.4. The van der Waals surface area contributed by atoms with Crippen molar-refractivity contribution in [3.05, 3.63) is 58.8 Å². The number of anilines is 1. The Morgan fingerprint density at radius 2 is 1.86 bits per heavy atom. The third-order valence-corrected chi connectivity index (χ3v) is 8.49. The molecule has 6 rings (SSSR count). The molecule has 1 aromatic heterocycles. The average Bonchev–Trinajstić information content (AvgIpc) is 3.55. The number of aromatic nitrogens is 2. The van der Waals surface area contributed by atoms with Crippen LogP contribution in [-0.2, 0) is 26.5 Å². The molecule has 1 spiro atoms. The van der Waals surface area contributed by atoms with Crippen molar-refractivity contribution in [3.8, 4) is 0 Å². The first-order valence-corrected chi connectivity index (χ1v) is 13.3. The van der Waals surface area contributed by atoms with Gasteiger partial charge in [-0.1, -0.05) is 18.2 Å². The molecule has 10 heteroatoms. The third kappa shape index (κ3) is 3.77. The summed E-state index contributed by atoms with van der Waals surface area (Å²) >= 11 is 0. The monoisotopic (exact) mass is 504 g/mol. The first-order valence-electron chi connectivity index (χ1n) is 13.3. The Kier molecular flexibility index (Phi) is 6.06. The van der Waals surface area contributed by atoms with Crippen LogP contribution in [0.3, 0.4) is 0 Å². The van der Waals surface area contributed by atoms with Gasteiger partial charge in [0.25, 0.3) is 5.91 Å². The number of nitrogens with zero attached hydrogens (tertiary/aromatic N) is 5. The SMILES string of the molecule is O=C1NCCCN(C(=O)Cn2cccnc2=O)CCCN2C(=O)[C@@]3(c4ccccc42)[C@@H]1C[C@@H]1CCCN13. The average molecular weight is 505 g/mol. The van der Waals surface area contributed by atoms with Crippen LogP contribution >= 0.6 is 0 Å². The van der Waals surface area contributed by atoms with Crippen LogP contribution in [0, 0.1) is 5.92 Å². The number of carbonyl (C=O) groups excluding carboxylic acids is 3. The molecule has 1 N–H and O–H groups in total. The summed E-state index contributed by atoms with van der Waals surface area (Å²) in [5.41, 5.74) is 0.387. The maximum absolute atomic E-state index is 14.3. The van der Waals surface area contributed by atoms with Crippen molar-refractivity contribution in [2.45, 2.75) is 50.2 Å². The number of benzene rings is 1. The largest absolute Gasteiger partial charge is 0.356 e. The number of para-hydroxylation sites is 1. The van der Waals surface area contributed by atoms with Gasteiger partial charge in [-0.15, -0.1) is 0 Å². The lowest BCUT2D eigenvalue weighted by molar-refractivity contribution is -0.138. The molecule has 5 heterocycles. The molecule has 0 unspecified atom stereocenters. The molecule has 0 aliphatic carbocycles. The highest BCUT2D eigenvalue weighted by Gasteiger charge is 2.66. The molecule has 3 atom stereocenters. The van der Waals surface area contributed by atoms with Crippen molar-refractivity contribution in [1.29, 1.82) is 0 Å². The Bertz CT molecular complexity index is 1290. The van der Waals surface area contributed by atoms with Crippen molar-refractivity contribution in [1.82, 2.24) is 24.7 Å². The standard InChI is InChI=1S/C27H32N6O4/c34-23(18-31-13-5-11-29-26(31)37)30-12-4-10-28-24(35)21-17-19-7-3-16-33(19)27(21)20-8-1-2-9-22(20)32(25(27)36)15-6-14-30/h1-2,5,8-9,11,13,19,21H,3-4,6-7,10,12,14-18H2,(H,28,35)/t19-,21+,27+/m0/s1. The highest BCUT2D eigenvalue weighted by molar-refractivity contribution is 6.10. The molecule has 4 aliphatic heterocycles. The number of hydrogen-bond donors (Lipinski definition) is 1. The van der Waals surface area contributed by atoms with Gasteiger partial charge in [-0.3, -0.25) is 23.9 Å². The van der Waals surface area contributed by atoms with Crippen molar-refractivity contribution in [2.75, 3.05) is 37.6 Å². The minimum atomic E-state index is -0.952. The molecular formula is C27H32N6O4. The lowest BCUT2D eigenvalue weighted by Gasteiger charge is -2.37. The molecule has 3 fully saturated rings. The van der Waals surface area contributed by atoms with Crippen LogP contribution in [0.1, 0.15) is 37.7 Å². The fraction of sp³-hybridized carbons (Fsp3) is 0.519. The molecule has 0 saturated carbocycles. The molecule has 2 bridgehead atoms. The van der Waals surface area contributed by atoms with Gasteiger partial charge in [0.05, 0.1) is 5.92 Å². The highest BCUT2D eigenvalue weighted by Crippen LogP contribution is 2.57. The summed E-state index contributed by atoms with van der Waals surface area (Å²) in [6.07, 6.45) is 6.88. The van der Waals surface area contributed by atoms with Gasteiger partial charge < -0.3 is 15.1 Å². The van der Waals surface area contributed by atoms with Crippen molar-refractivity contribution < 1.29 is 14.4 Å². The Balaban J connectivity index is 1.31. The van der Waals surface area contributed by atoms with Crippen LogP contribution in [0.15, 0.2) is 47.5 Å². The number of amides is 3. The van der Waals surface area contributed by atoms with Crippen LogP contribution in [0.25, 0.3) is 0 Å². The van der Waals surface area contributed by atoms with E-state index in [0.29, 0.717) is 45.4 Å². The Labute approximate surface area is 215 Å². The Hall–Kier alpha value is -3.53. The van der Waals surface area contributed by atoms with E-state index in [9.17, 15) is 19.2 Å². The number of fused-ring (bicyclic) bond motifs is 4. The van der Waals surface area contributed by atoms with E-state index in [0.717, 1.165) is 30.6 Å². The van der Waals surface area contributed by atoms with E-state index in [2.05, 4.69) is 15.2 Å². The van der Waals surface area contributed by atoms with Crippen LogP contribution in [0.4, 0.5) is 5.69 Å². The van der Waals surface area contributed by atoms with Gasteiger partial charge in [0.1, 0.15) is 12.1 Å². The molecule has 194 valence electrons. The highest BCUT2D eigenvalue weighted by atomic mass is 16.2. The van der Waals surface area contributed by atoms with Crippen molar-refractivity contribution in [3.63, 3.8) is 0 Å². The Morgan fingerprint density at radius 3 is 2.73 bits per heavy atom. The summed E-state index contributed by atoms with van der Waals surface area (Å²) in [5.74, 6) is -0.721. The number of nitrogens with one attached hydrogen (secondary N) is 1. The lowest BCUT2D eigenvalue weighted by atomic mass is 9.78. The molecular weight excluding hydrogens is 472 g/mol. The summed E-state index contributed by atoms with van der Waals surface area (Å²) in [6, 6.07) is 9.75. The van der Waals surface area contributed by atoms with Crippen LogP contribution < -0.4 is 15.9 Å². The summed E-state index contributed by atoms with van der Waals surface area (Å²) in [7, 11) is 0. The Morgan fingerprint density at radius 1 is 1.03 bits per heavy atom. The smallest absolute Gasteiger partial charge is 0.347 e. The van der Waals surface area contributed by atoms with Gasteiger partial charge in [-0.25, -0.2) is 9.78 Å². The van der Waals surface area contributed by atoms with Crippen molar-refractivity contribution >= 4 is 23.4 Å². The molecule has 10 nitrogen and oxygen atoms in total. The first kappa shape index (κ1) is 23.8. The summed E-state index contributed by atoms with van der Waals surface area (Å²) in [5, 5.41) is 3.09. The maximum Gasteiger partial charge on any atom is 0.347 e. The first-order chi connectivity index (χ1) is 18.0. The topological polar surface area (TPSA) is 108 Å².